The molecule has 3 N–H and O–H groups in total. The Hall–Kier alpha value is -3.59. The molecule has 1 saturated heterocycles. The van der Waals surface area contributed by atoms with Crippen molar-refractivity contribution in [2.24, 2.45) is 5.14 Å². The lowest BCUT2D eigenvalue weighted by Gasteiger charge is -2.36. The van der Waals surface area contributed by atoms with E-state index in [9.17, 15) is 8.42 Å². The minimum Gasteiger partial charge on any atom is -0.468 e. The number of hydrogen-bond donors (Lipinski definition) is 2. The number of nitrogens with zero attached hydrogens (tertiary/aromatic N) is 2. The molecule has 0 aliphatic carbocycles. The van der Waals surface area contributed by atoms with E-state index in [-0.39, 0.29) is 10.9 Å². The van der Waals surface area contributed by atoms with Crippen LogP contribution in [-0.2, 0) is 16.6 Å². The molecule has 0 saturated carbocycles. The molecule has 1 aromatic heterocycles. The molecule has 5 rings (SSSR count). The van der Waals surface area contributed by atoms with Crippen molar-refractivity contribution in [2.75, 3.05) is 36.4 Å². The van der Waals surface area contributed by atoms with Crippen molar-refractivity contribution < 1.29 is 12.8 Å². The first-order valence-corrected chi connectivity index (χ1v) is 13.5. The Balaban J connectivity index is 1.42. The summed E-state index contributed by atoms with van der Waals surface area (Å²) >= 11 is 0. The molecule has 1 aliphatic heterocycles. The number of piperazine rings is 1. The van der Waals surface area contributed by atoms with Crippen molar-refractivity contribution in [1.29, 1.82) is 0 Å². The van der Waals surface area contributed by atoms with E-state index < -0.39 is 10.0 Å². The SMILES string of the molecule is NS(=O)(=O)c1ccc(N2CCN(Cc3ccco3)CC2)cc1NC(c1ccccc1)c1ccccc1. The lowest BCUT2D eigenvalue weighted by Crippen LogP contribution is -2.45. The highest BCUT2D eigenvalue weighted by molar-refractivity contribution is 7.89. The maximum atomic E-state index is 12.5. The minimum atomic E-state index is -3.93. The number of rotatable bonds is 8. The summed E-state index contributed by atoms with van der Waals surface area (Å²) < 4.78 is 30.5. The van der Waals surface area contributed by atoms with Crippen LogP contribution in [0.3, 0.4) is 0 Å². The molecule has 3 aromatic carbocycles. The second-order valence-corrected chi connectivity index (χ2v) is 10.5. The van der Waals surface area contributed by atoms with Gasteiger partial charge in [-0.1, -0.05) is 60.7 Å². The Morgan fingerprint density at radius 2 is 1.47 bits per heavy atom. The summed E-state index contributed by atoms with van der Waals surface area (Å²) in [4.78, 5) is 4.71. The van der Waals surface area contributed by atoms with Crippen molar-refractivity contribution in [3.8, 4) is 0 Å². The molecule has 7 nitrogen and oxygen atoms in total. The van der Waals surface area contributed by atoms with Gasteiger partial charge in [0.15, 0.2) is 0 Å². The lowest BCUT2D eigenvalue weighted by molar-refractivity contribution is 0.230. The standard InChI is InChI=1S/C28H30N4O3S/c29-36(33,34)27-14-13-24(32-17-15-31(16-18-32)21-25-12-7-19-35-25)20-26(27)30-28(22-8-3-1-4-9-22)23-10-5-2-6-11-23/h1-14,19-20,28,30H,15-18,21H2,(H2,29,33,34). The molecule has 0 radical (unpaired) electrons. The summed E-state index contributed by atoms with van der Waals surface area (Å²) in [6.45, 7) is 4.22. The number of sulfonamides is 1. The van der Waals surface area contributed by atoms with Gasteiger partial charge in [-0.05, 0) is 41.5 Å². The number of furan rings is 1. The van der Waals surface area contributed by atoms with Gasteiger partial charge >= 0.3 is 0 Å². The number of nitrogens with two attached hydrogens (primary N) is 1. The smallest absolute Gasteiger partial charge is 0.240 e. The van der Waals surface area contributed by atoms with E-state index in [1.807, 2.05) is 84.9 Å². The van der Waals surface area contributed by atoms with E-state index in [4.69, 9.17) is 9.56 Å². The van der Waals surface area contributed by atoms with Crippen molar-refractivity contribution >= 4 is 21.4 Å². The average Bonchev–Trinajstić information content (AvgIpc) is 3.41. The van der Waals surface area contributed by atoms with E-state index in [0.29, 0.717) is 5.69 Å². The van der Waals surface area contributed by atoms with Gasteiger partial charge in [0.1, 0.15) is 10.7 Å². The number of primary sulfonamides is 1. The summed E-state index contributed by atoms with van der Waals surface area (Å²) in [5.74, 6) is 0.959. The summed E-state index contributed by atoms with van der Waals surface area (Å²) in [7, 11) is -3.93. The van der Waals surface area contributed by atoms with E-state index >= 15 is 0 Å². The van der Waals surface area contributed by atoms with Crippen molar-refractivity contribution in [3.05, 3.63) is 114 Å². The van der Waals surface area contributed by atoms with Crippen molar-refractivity contribution in [1.82, 2.24) is 4.90 Å². The Kier molecular flexibility index (Phi) is 7.09. The predicted octanol–water partition coefficient (Wildman–Crippen LogP) is 4.45. The highest BCUT2D eigenvalue weighted by Crippen LogP contribution is 2.33. The van der Waals surface area contributed by atoms with Gasteiger partial charge in [-0.25, -0.2) is 13.6 Å². The van der Waals surface area contributed by atoms with Crippen LogP contribution in [0.4, 0.5) is 11.4 Å². The Labute approximate surface area is 212 Å². The van der Waals surface area contributed by atoms with E-state index in [1.54, 1.807) is 12.3 Å². The van der Waals surface area contributed by atoms with Crippen molar-refractivity contribution in [2.45, 2.75) is 17.5 Å². The number of nitrogens with one attached hydrogen (secondary N) is 1. The molecule has 36 heavy (non-hydrogen) atoms. The van der Waals surface area contributed by atoms with Gasteiger partial charge in [-0.3, -0.25) is 4.90 Å². The fourth-order valence-corrected chi connectivity index (χ4v) is 5.35. The predicted molar refractivity (Wildman–Crippen MR) is 142 cm³/mol. The number of anilines is 2. The van der Waals surface area contributed by atoms with Crippen LogP contribution in [0.1, 0.15) is 22.9 Å². The Morgan fingerprint density at radius 1 is 0.833 bits per heavy atom. The molecular weight excluding hydrogens is 472 g/mol. The maximum absolute atomic E-state index is 12.5. The van der Waals surface area contributed by atoms with Crippen LogP contribution >= 0.6 is 0 Å². The third-order valence-electron chi connectivity index (χ3n) is 6.53. The zero-order valence-corrected chi connectivity index (χ0v) is 20.8. The van der Waals surface area contributed by atoms with Gasteiger partial charge in [0.25, 0.3) is 0 Å². The van der Waals surface area contributed by atoms with E-state index in [2.05, 4.69) is 15.1 Å². The van der Waals surface area contributed by atoms with Crippen LogP contribution in [-0.4, -0.2) is 39.5 Å². The minimum absolute atomic E-state index is 0.0829. The van der Waals surface area contributed by atoms with Gasteiger partial charge in [-0.2, -0.15) is 0 Å². The first-order chi connectivity index (χ1) is 17.5. The maximum Gasteiger partial charge on any atom is 0.240 e. The first-order valence-electron chi connectivity index (χ1n) is 12.0. The number of benzene rings is 3. The monoisotopic (exact) mass is 502 g/mol. The molecule has 1 aliphatic rings. The van der Waals surface area contributed by atoms with Crippen LogP contribution in [0.15, 0.2) is 107 Å². The van der Waals surface area contributed by atoms with Crippen LogP contribution < -0.4 is 15.4 Å². The topological polar surface area (TPSA) is 91.8 Å². The molecule has 2 heterocycles. The van der Waals surface area contributed by atoms with E-state index in [1.165, 1.54) is 0 Å². The second-order valence-electron chi connectivity index (χ2n) is 8.97. The lowest BCUT2D eigenvalue weighted by atomic mass is 9.98. The average molecular weight is 503 g/mol. The largest absolute Gasteiger partial charge is 0.468 e. The van der Waals surface area contributed by atoms with E-state index in [0.717, 1.165) is 55.3 Å². The summed E-state index contributed by atoms with van der Waals surface area (Å²) in [5.41, 5.74) is 3.51. The molecule has 0 amide bonds. The van der Waals surface area contributed by atoms with Crippen LogP contribution in [0.5, 0.6) is 0 Å². The number of hydrogen-bond acceptors (Lipinski definition) is 6. The Bertz CT molecular complexity index is 1330. The molecule has 0 spiro atoms. The quantitative estimate of drug-likeness (QED) is 0.370. The molecule has 8 heteroatoms. The van der Waals surface area contributed by atoms with Crippen LogP contribution in [0.25, 0.3) is 0 Å². The third-order valence-corrected chi connectivity index (χ3v) is 7.50. The molecule has 0 bridgehead atoms. The van der Waals surface area contributed by atoms with Crippen molar-refractivity contribution in [3.63, 3.8) is 0 Å². The normalized spacial score (nSPS) is 14.8. The highest BCUT2D eigenvalue weighted by Gasteiger charge is 2.23. The molecule has 186 valence electrons. The van der Waals surface area contributed by atoms with Gasteiger partial charge in [0.05, 0.1) is 24.5 Å². The Morgan fingerprint density at radius 3 is 2.03 bits per heavy atom. The summed E-state index contributed by atoms with van der Waals surface area (Å²) in [6.07, 6.45) is 1.70. The molecule has 1 fully saturated rings. The fourth-order valence-electron chi connectivity index (χ4n) is 4.67. The zero-order chi connectivity index (χ0) is 25.0. The van der Waals surface area contributed by atoms with Crippen LogP contribution in [0, 0.1) is 0 Å². The summed E-state index contributed by atoms with van der Waals surface area (Å²) in [6, 6.07) is 29.0. The zero-order valence-electron chi connectivity index (χ0n) is 20.0. The third kappa shape index (κ3) is 5.62. The highest BCUT2D eigenvalue weighted by atomic mass is 32.2. The van der Waals surface area contributed by atoms with Gasteiger partial charge in [0.2, 0.25) is 10.0 Å². The van der Waals surface area contributed by atoms with Gasteiger partial charge in [-0.15, -0.1) is 0 Å². The molecule has 0 atom stereocenters. The fraction of sp³-hybridized carbons (Fsp3) is 0.214. The molecule has 4 aromatic rings. The second kappa shape index (κ2) is 10.6. The van der Waals surface area contributed by atoms with Gasteiger partial charge in [0, 0.05) is 31.9 Å². The van der Waals surface area contributed by atoms with Gasteiger partial charge < -0.3 is 14.6 Å². The molecule has 0 unspecified atom stereocenters. The molecular formula is C28H30N4O3S. The first kappa shape index (κ1) is 24.1. The van der Waals surface area contributed by atoms with Crippen LogP contribution in [0.2, 0.25) is 0 Å². The summed E-state index contributed by atoms with van der Waals surface area (Å²) in [5, 5.41) is 9.12.